The molecule has 0 saturated carbocycles. The second kappa shape index (κ2) is 5.69. The van der Waals surface area contributed by atoms with Gasteiger partial charge in [0.1, 0.15) is 0 Å². The fourth-order valence-corrected chi connectivity index (χ4v) is 3.97. The van der Waals surface area contributed by atoms with Crippen molar-refractivity contribution >= 4 is 21.5 Å². The van der Waals surface area contributed by atoms with Gasteiger partial charge in [0.2, 0.25) is 0 Å². The fourth-order valence-electron chi connectivity index (χ4n) is 1.51. The van der Waals surface area contributed by atoms with Crippen LogP contribution in [0.3, 0.4) is 0 Å². The Balaban J connectivity index is 2.99. The van der Waals surface area contributed by atoms with Crippen LogP contribution in [-0.2, 0) is 27.2 Å². The lowest BCUT2D eigenvalue weighted by Gasteiger charge is -2.26. The standard InChI is InChI=1S/C7H16N2O7P2/c1-13-17(11,14-2)8-5-6-9(7(8)10)18(12,15-3)16-4/h5-6H2,1-4H3. The van der Waals surface area contributed by atoms with E-state index in [9.17, 15) is 13.9 Å². The van der Waals surface area contributed by atoms with Gasteiger partial charge in [0, 0.05) is 28.4 Å². The Bertz CT molecular complexity index is 363. The first kappa shape index (κ1) is 15.6. The van der Waals surface area contributed by atoms with Crippen LogP contribution in [0, 0.1) is 0 Å². The van der Waals surface area contributed by atoms with E-state index in [1.165, 1.54) is 0 Å². The zero-order valence-corrected chi connectivity index (χ0v) is 12.3. The summed E-state index contributed by atoms with van der Waals surface area (Å²) >= 11 is 0. The molecular weight excluding hydrogens is 286 g/mol. The first-order valence-electron chi connectivity index (χ1n) is 4.91. The Labute approximate surface area is 105 Å². The van der Waals surface area contributed by atoms with Crippen LogP contribution in [0.4, 0.5) is 4.79 Å². The summed E-state index contributed by atoms with van der Waals surface area (Å²) in [5.41, 5.74) is 0. The van der Waals surface area contributed by atoms with Crippen LogP contribution in [0.25, 0.3) is 0 Å². The lowest BCUT2D eigenvalue weighted by atomic mass is 10.7. The first-order chi connectivity index (χ1) is 8.38. The summed E-state index contributed by atoms with van der Waals surface area (Å²) in [6, 6.07) is -0.783. The van der Waals surface area contributed by atoms with Crippen LogP contribution in [0.15, 0.2) is 0 Å². The predicted molar refractivity (Wildman–Crippen MR) is 62.1 cm³/mol. The van der Waals surface area contributed by atoms with Crippen molar-refractivity contribution in [1.29, 1.82) is 0 Å². The predicted octanol–water partition coefficient (Wildman–Crippen LogP) is 1.53. The van der Waals surface area contributed by atoms with Gasteiger partial charge in [0.05, 0.1) is 13.1 Å². The lowest BCUT2D eigenvalue weighted by molar-refractivity contribution is 0.185. The quantitative estimate of drug-likeness (QED) is 0.686. The molecule has 9 nitrogen and oxygen atoms in total. The number of hydrogen-bond acceptors (Lipinski definition) is 7. The summed E-state index contributed by atoms with van der Waals surface area (Å²) < 4.78 is 44.7. The molecule has 0 atom stereocenters. The van der Waals surface area contributed by atoms with Crippen molar-refractivity contribution in [3.8, 4) is 0 Å². The van der Waals surface area contributed by atoms with Gasteiger partial charge in [-0.15, -0.1) is 0 Å². The van der Waals surface area contributed by atoms with E-state index in [-0.39, 0.29) is 13.1 Å². The normalized spacial score (nSPS) is 17.7. The van der Waals surface area contributed by atoms with Gasteiger partial charge in [0.25, 0.3) is 0 Å². The number of carbonyl (C=O) groups is 1. The van der Waals surface area contributed by atoms with Crippen molar-refractivity contribution in [3.05, 3.63) is 0 Å². The SMILES string of the molecule is COP(=O)(OC)N1CCN(P(=O)(OC)OC)C1=O. The zero-order chi connectivity index (χ0) is 14.0. The van der Waals surface area contributed by atoms with Gasteiger partial charge in [-0.1, -0.05) is 0 Å². The molecule has 0 aromatic heterocycles. The molecule has 0 aromatic carbocycles. The van der Waals surface area contributed by atoms with Crippen molar-refractivity contribution < 1.29 is 32.0 Å². The molecule has 0 radical (unpaired) electrons. The maximum atomic E-state index is 12.1. The highest BCUT2D eigenvalue weighted by Gasteiger charge is 2.49. The second-order valence-corrected chi connectivity index (χ2v) is 7.50. The van der Waals surface area contributed by atoms with Gasteiger partial charge in [-0.25, -0.2) is 23.3 Å². The first-order valence-corrected chi connectivity index (χ1v) is 7.90. The molecule has 1 aliphatic rings. The van der Waals surface area contributed by atoms with E-state index in [4.69, 9.17) is 18.1 Å². The molecule has 0 spiro atoms. The Hall–Kier alpha value is -0.430. The molecule has 0 aromatic rings. The molecule has 1 aliphatic heterocycles. The van der Waals surface area contributed by atoms with Gasteiger partial charge in [-0.05, 0) is 0 Å². The average Bonchev–Trinajstić information content (AvgIpc) is 2.80. The van der Waals surface area contributed by atoms with Gasteiger partial charge in [-0.3, -0.25) is 18.1 Å². The smallest absolute Gasteiger partial charge is 0.295 e. The van der Waals surface area contributed by atoms with Crippen molar-refractivity contribution in [1.82, 2.24) is 9.34 Å². The molecule has 1 rings (SSSR count). The number of urea groups is 1. The van der Waals surface area contributed by atoms with Crippen molar-refractivity contribution in [2.45, 2.75) is 0 Å². The maximum absolute atomic E-state index is 12.1. The zero-order valence-electron chi connectivity index (χ0n) is 10.6. The summed E-state index contributed by atoms with van der Waals surface area (Å²) in [6.07, 6.45) is 0. The Morgan fingerprint density at radius 1 is 0.833 bits per heavy atom. The van der Waals surface area contributed by atoms with E-state index in [2.05, 4.69) is 0 Å². The molecule has 1 fully saturated rings. The highest BCUT2D eigenvalue weighted by atomic mass is 31.2. The van der Waals surface area contributed by atoms with Crippen LogP contribution in [0.5, 0.6) is 0 Å². The van der Waals surface area contributed by atoms with Crippen molar-refractivity contribution in [2.75, 3.05) is 41.5 Å². The molecule has 18 heavy (non-hydrogen) atoms. The van der Waals surface area contributed by atoms with Gasteiger partial charge < -0.3 is 0 Å². The van der Waals surface area contributed by atoms with E-state index >= 15 is 0 Å². The molecule has 106 valence electrons. The van der Waals surface area contributed by atoms with Crippen LogP contribution in [-0.4, -0.2) is 56.9 Å². The second-order valence-electron chi connectivity index (χ2n) is 3.20. The molecule has 11 heteroatoms. The van der Waals surface area contributed by atoms with Crippen molar-refractivity contribution in [2.24, 2.45) is 0 Å². The Morgan fingerprint density at radius 3 is 1.33 bits per heavy atom. The Morgan fingerprint density at radius 2 is 1.11 bits per heavy atom. The number of rotatable bonds is 6. The summed E-state index contributed by atoms with van der Waals surface area (Å²) in [6.45, 7) is 0.0724. The summed E-state index contributed by atoms with van der Waals surface area (Å²) in [7, 11) is -2.77. The van der Waals surface area contributed by atoms with E-state index < -0.39 is 21.5 Å². The maximum Gasteiger partial charge on any atom is 0.438 e. The molecule has 2 amide bonds. The van der Waals surface area contributed by atoms with Crippen LogP contribution in [0.2, 0.25) is 0 Å². The minimum Gasteiger partial charge on any atom is -0.295 e. The molecule has 0 N–H and O–H groups in total. The highest BCUT2D eigenvalue weighted by Crippen LogP contribution is 2.58. The monoisotopic (exact) mass is 302 g/mol. The van der Waals surface area contributed by atoms with E-state index in [1.807, 2.05) is 0 Å². The van der Waals surface area contributed by atoms with E-state index in [0.717, 1.165) is 37.8 Å². The van der Waals surface area contributed by atoms with Gasteiger partial charge in [0.15, 0.2) is 0 Å². The third-order valence-corrected chi connectivity index (χ3v) is 6.25. The van der Waals surface area contributed by atoms with Crippen LogP contribution >= 0.6 is 15.5 Å². The average molecular weight is 302 g/mol. The number of nitrogens with zero attached hydrogens (tertiary/aromatic N) is 2. The number of carbonyl (C=O) groups excluding carboxylic acids is 1. The lowest BCUT2D eigenvalue weighted by Crippen LogP contribution is -2.29. The number of amides is 2. The largest absolute Gasteiger partial charge is 0.438 e. The van der Waals surface area contributed by atoms with Crippen LogP contribution in [0.1, 0.15) is 0 Å². The topological polar surface area (TPSA) is 94.6 Å². The summed E-state index contributed by atoms with van der Waals surface area (Å²) in [5.74, 6) is 0. The van der Waals surface area contributed by atoms with Gasteiger partial charge >= 0.3 is 21.5 Å². The number of hydrogen-bond donors (Lipinski definition) is 0. The minimum absolute atomic E-state index is 0.0362. The molecule has 1 heterocycles. The van der Waals surface area contributed by atoms with E-state index in [0.29, 0.717) is 0 Å². The molecule has 1 saturated heterocycles. The highest BCUT2D eigenvalue weighted by molar-refractivity contribution is 7.53. The molecule has 0 unspecified atom stereocenters. The summed E-state index contributed by atoms with van der Waals surface area (Å²) in [5, 5.41) is 0. The molecular formula is C7H16N2O7P2. The molecule has 0 aliphatic carbocycles. The third-order valence-electron chi connectivity index (χ3n) is 2.48. The summed E-state index contributed by atoms with van der Waals surface area (Å²) in [4.78, 5) is 12.0. The minimum atomic E-state index is -3.70. The Kier molecular flexibility index (Phi) is 4.94. The fraction of sp³-hybridized carbons (Fsp3) is 0.857. The van der Waals surface area contributed by atoms with Crippen LogP contribution < -0.4 is 0 Å². The van der Waals surface area contributed by atoms with Crippen molar-refractivity contribution in [3.63, 3.8) is 0 Å². The third kappa shape index (κ3) is 2.47. The van der Waals surface area contributed by atoms with E-state index in [1.54, 1.807) is 0 Å². The molecule has 0 bridgehead atoms. The van der Waals surface area contributed by atoms with Gasteiger partial charge in [-0.2, -0.15) is 0 Å².